The summed E-state index contributed by atoms with van der Waals surface area (Å²) in [5, 5.41) is 25.2. The van der Waals surface area contributed by atoms with Gasteiger partial charge in [0.15, 0.2) is 5.96 Å². The first kappa shape index (κ1) is 44.4. The lowest BCUT2D eigenvalue weighted by atomic mass is 10.0. The van der Waals surface area contributed by atoms with Crippen molar-refractivity contribution in [3.63, 3.8) is 0 Å². The molecule has 0 aliphatic carbocycles. The number of carbonyl (C=O) groups excluding carboxylic acids is 6. The summed E-state index contributed by atoms with van der Waals surface area (Å²) in [6.07, 6.45) is -0.619. The Balaban J connectivity index is 1.82. The Morgan fingerprint density at radius 2 is 1.42 bits per heavy atom. The Bertz CT molecular complexity index is 1970. The monoisotopic (exact) mass is 795 g/mol. The Kier molecular flexibility index (Phi) is 16.1. The molecule has 2 aromatic carbocycles. The molecule has 4 atom stereocenters. The van der Waals surface area contributed by atoms with Gasteiger partial charge in [0, 0.05) is 25.1 Å². The van der Waals surface area contributed by atoms with Gasteiger partial charge in [0.25, 0.3) is 11.6 Å². The van der Waals surface area contributed by atoms with E-state index < -0.39 is 76.8 Å². The average molecular weight is 796 g/mol. The van der Waals surface area contributed by atoms with E-state index in [4.69, 9.17) is 22.9 Å². The molecule has 0 spiro atoms. The molecule has 1 aromatic heterocycles. The molecule has 22 heteroatoms. The number of aryl methyl sites for hydroxylation is 1. The number of hydrogen-bond acceptors (Lipinski definition) is 11. The maximum atomic E-state index is 13.8. The third-order valence-corrected chi connectivity index (χ3v) is 8.24. The Hall–Kier alpha value is -7.00. The highest BCUT2D eigenvalue weighted by molar-refractivity contribution is 5.98. The smallest absolute Gasteiger partial charge is 0.291 e. The zero-order valence-corrected chi connectivity index (χ0v) is 31.4. The average Bonchev–Trinajstić information content (AvgIpc) is 3.53. The lowest BCUT2D eigenvalue weighted by Gasteiger charge is -2.26. The highest BCUT2D eigenvalue weighted by Crippen LogP contribution is 2.16. The first-order valence-electron chi connectivity index (χ1n) is 17.6. The maximum absolute atomic E-state index is 13.8. The summed E-state index contributed by atoms with van der Waals surface area (Å²) in [5.41, 5.74) is 22.4. The first-order chi connectivity index (χ1) is 26.8. The largest absolute Gasteiger partial charge is 0.370 e. The predicted octanol–water partition coefficient (Wildman–Crippen LogP) is -1.12. The van der Waals surface area contributed by atoms with Gasteiger partial charge in [-0.1, -0.05) is 26.0 Å². The van der Waals surface area contributed by atoms with E-state index in [0.29, 0.717) is 11.3 Å². The van der Waals surface area contributed by atoms with Crippen molar-refractivity contribution in [2.45, 2.75) is 77.0 Å². The van der Waals surface area contributed by atoms with Gasteiger partial charge in [0.1, 0.15) is 35.8 Å². The van der Waals surface area contributed by atoms with Crippen molar-refractivity contribution < 1.29 is 38.1 Å². The summed E-state index contributed by atoms with van der Waals surface area (Å²) >= 11 is 0. The summed E-state index contributed by atoms with van der Waals surface area (Å²) in [6.45, 7) is 5.15. The summed E-state index contributed by atoms with van der Waals surface area (Å²) in [4.78, 5) is 97.1. The molecule has 0 saturated carbocycles. The lowest BCUT2D eigenvalue weighted by molar-refractivity contribution is -0.384. The maximum Gasteiger partial charge on any atom is 0.291 e. The van der Waals surface area contributed by atoms with Crippen LogP contribution in [0, 0.1) is 28.8 Å². The minimum Gasteiger partial charge on any atom is -0.370 e. The van der Waals surface area contributed by atoms with Crippen LogP contribution in [0.15, 0.2) is 53.5 Å². The van der Waals surface area contributed by atoms with Crippen molar-refractivity contribution in [2.24, 2.45) is 33.8 Å². The Labute approximate surface area is 325 Å². The molecule has 6 amide bonds. The predicted molar refractivity (Wildman–Crippen MR) is 202 cm³/mol. The Morgan fingerprint density at radius 1 is 0.842 bits per heavy atom. The summed E-state index contributed by atoms with van der Waals surface area (Å²) in [5.74, 6) is -6.48. The van der Waals surface area contributed by atoms with Crippen molar-refractivity contribution in [1.82, 2.24) is 36.0 Å². The van der Waals surface area contributed by atoms with E-state index in [1.807, 2.05) is 0 Å². The van der Waals surface area contributed by atoms with E-state index in [-0.39, 0.29) is 61.4 Å². The summed E-state index contributed by atoms with van der Waals surface area (Å²) in [7, 11) is 0. The minimum atomic E-state index is -1.60. The third-order valence-electron chi connectivity index (χ3n) is 8.24. The Morgan fingerprint density at radius 3 is 1.98 bits per heavy atom. The van der Waals surface area contributed by atoms with E-state index in [1.54, 1.807) is 20.8 Å². The second kappa shape index (κ2) is 20.6. The first-order valence-corrected chi connectivity index (χ1v) is 17.6. The fourth-order valence-corrected chi connectivity index (χ4v) is 5.45. The number of nitrogens with zero attached hydrogens (tertiary/aromatic N) is 5. The molecular weight excluding hydrogens is 749 g/mol. The van der Waals surface area contributed by atoms with Crippen LogP contribution in [0.3, 0.4) is 0 Å². The molecule has 12 N–H and O–H groups in total. The molecule has 21 nitrogen and oxygen atoms in total. The molecule has 57 heavy (non-hydrogen) atoms. The number of halogens is 1. The topological polar surface area (TPSA) is 341 Å². The number of nitrogens with one attached hydrogen (secondary N) is 4. The standard InChI is InChI=1S/C35H46FN13O8/c1-18(2)15-26(32(53)46-27(17-28(37)50)33(54)44-25(29(38)51)16-20-6-8-21(36)9-7-20)45-31(52)24(5-4-14-41-35(39)40)43-34(55)30-42-19(3)48(47-30)22-10-12-23(13-11-22)49(56)57/h6-13,18,24-27H,4-5,14-17H2,1-3H3,(H2,37,50)(H2,38,51)(H,43,55)(H,44,54)(H,45,52)(H,46,53)(H4,39,40,41)/t24-,25-,26-,27-/m0/s1. The number of rotatable bonds is 21. The zero-order valence-electron chi connectivity index (χ0n) is 31.4. The van der Waals surface area contributed by atoms with Gasteiger partial charge in [0.05, 0.1) is 17.0 Å². The molecule has 0 saturated heterocycles. The number of aliphatic imine (C=N–C) groups is 1. The van der Waals surface area contributed by atoms with Crippen LogP contribution in [-0.2, 0) is 30.4 Å². The van der Waals surface area contributed by atoms with E-state index in [9.17, 15) is 43.3 Å². The number of hydrogen-bond donors (Lipinski definition) is 8. The van der Waals surface area contributed by atoms with Crippen molar-refractivity contribution in [3.05, 3.63) is 81.7 Å². The second-order valence-corrected chi connectivity index (χ2v) is 13.4. The normalized spacial score (nSPS) is 13.0. The number of nitro groups is 1. The summed E-state index contributed by atoms with van der Waals surface area (Å²) < 4.78 is 14.7. The highest BCUT2D eigenvalue weighted by Gasteiger charge is 2.33. The molecule has 3 aromatic rings. The number of benzene rings is 2. The lowest BCUT2D eigenvalue weighted by Crippen LogP contribution is -2.59. The van der Waals surface area contributed by atoms with Crippen LogP contribution in [0.1, 0.15) is 61.5 Å². The van der Waals surface area contributed by atoms with Crippen molar-refractivity contribution in [1.29, 1.82) is 0 Å². The van der Waals surface area contributed by atoms with Gasteiger partial charge in [-0.05, 0) is 61.9 Å². The van der Waals surface area contributed by atoms with Crippen molar-refractivity contribution in [3.8, 4) is 5.69 Å². The van der Waals surface area contributed by atoms with Crippen LogP contribution in [0.2, 0.25) is 0 Å². The van der Waals surface area contributed by atoms with Gasteiger partial charge in [-0.15, -0.1) is 5.10 Å². The fraction of sp³-hybridized carbons (Fsp3) is 0.400. The molecule has 0 radical (unpaired) electrons. The third kappa shape index (κ3) is 14.0. The molecule has 0 fully saturated rings. The van der Waals surface area contributed by atoms with Crippen LogP contribution < -0.4 is 44.2 Å². The molecule has 3 rings (SSSR count). The number of nitrogens with two attached hydrogens (primary N) is 4. The molecule has 1 heterocycles. The molecular formula is C35H46FN13O8. The second-order valence-electron chi connectivity index (χ2n) is 13.4. The van der Waals surface area contributed by atoms with Gasteiger partial charge >= 0.3 is 0 Å². The van der Waals surface area contributed by atoms with Crippen LogP contribution in [0.25, 0.3) is 5.69 Å². The van der Waals surface area contributed by atoms with Gasteiger partial charge < -0.3 is 44.2 Å². The summed E-state index contributed by atoms with van der Waals surface area (Å²) in [6, 6.07) is 4.92. The van der Waals surface area contributed by atoms with Gasteiger partial charge in [0.2, 0.25) is 35.4 Å². The number of primary amides is 2. The molecule has 0 unspecified atom stereocenters. The number of carbonyl (C=O) groups is 6. The van der Waals surface area contributed by atoms with Gasteiger partial charge in [-0.25, -0.2) is 14.1 Å². The van der Waals surface area contributed by atoms with E-state index >= 15 is 0 Å². The number of aromatic nitrogens is 3. The van der Waals surface area contributed by atoms with E-state index in [2.05, 4.69) is 36.3 Å². The number of guanidine groups is 1. The molecule has 306 valence electrons. The molecule has 0 bridgehead atoms. The zero-order chi connectivity index (χ0) is 42.4. The fourth-order valence-electron chi connectivity index (χ4n) is 5.45. The van der Waals surface area contributed by atoms with Crippen LogP contribution in [0.5, 0.6) is 0 Å². The SMILES string of the molecule is Cc1nc(C(=O)N[C@@H](CCCN=C(N)N)C(=O)N[C@@H](CC(C)C)C(=O)N[C@@H](CC(N)=O)C(=O)N[C@@H](Cc2ccc(F)cc2)C(N)=O)nn1-c1ccc([N+](=O)[O-])cc1. The van der Waals surface area contributed by atoms with Gasteiger partial charge in [-0.3, -0.25) is 43.9 Å². The minimum absolute atomic E-state index is 0.0261. The number of non-ortho nitro benzene ring substituents is 1. The van der Waals surface area contributed by atoms with Crippen molar-refractivity contribution in [2.75, 3.05) is 6.54 Å². The number of amides is 6. The van der Waals surface area contributed by atoms with Crippen LogP contribution in [-0.4, -0.2) is 91.8 Å². The highest BCUT2D eigenvalue weighted by atomic mass is 19.1. The van der Waals surface area contributed by atoms with E-state index in [1.165, 1.54) is 41.1 Å². The quantitative estimate of drug-likeness (QED) is 0.0209. The van der Waals surface area contributed by atoms with Crippen LogP contribution >= 0.6 is 0 Å². The van der Waals surface area contributed by atoms with Crippen molar-refractivity contribution >= 4 is 47.1 Å². The molecule has 0 aliphatic rings. The molecule has 0 aliphatic heterocycles. The van der Waals surface area contributed by atoms with Gasteiger partial charge in [-0.2, -0.15) is 0 Å². The van der Waals surface area contributed by atoms with E-state index in [0.717, 1.165) is 12.1 Å². The number of nitro benzene ring substituents is 1. The van der Waals surface area contributed by atoms with Crippen LogP contribution in [0.4, 0.5) is 10.1 Å².